The molecule has 0 aliphatic carbocycles. The van der Waals surface area contributed by atoms with E-state index in [2.05, 4.69) is 10.8 Å². The van der Waals surface area contributed by atoms with Crippen molar-refractivity contribution in [2.75, 3.05) is 13.1 Å². The summed E-state index contributed by atoms with van der Waals surface area (Å²) in [6.45, 7) is -0.143. The van der Waals surface area contributed by atoms with E-state index in [1.54, 1.807) is 6.92 Å². The van der Waals surface area contributed by atoms with E-state index in [4.69, 9.17) is 40.3 Å². The summed E-state index contributed by atoms with van der Waals surface area (Å²) in [6, 6.07) is 4.91. The fourth-order valence-electron chi connectivity index (χ4n) is 3.08. The van der Waals surface area contributed by atoms with Crippen LogP contribution in [0.3, 0.4) is 0 Å². The standard InChI is InChI=1S/C20H15Cl2F6N3O2S2/c1-9-2-14(35-16(9)17(32)29-7-15(34)30-8-19(23,24)25)13-6-18(33-31-13,20(26,27)28)10-3-11(21)5-12(22)4-10/h2-6,31H,7-8H2,1H3,(H,29,32)(H,30,34). The molecule has 1 aliphatic rings. The van der Waals surface area contributed by atoms with Gasteiger partial charge in [-0.3, -0.25) is 15.1 Å². The Morgan fingerprint density at radius 2 is 1.74 bits per heavy atom. The van der Waals surface area contributed by atoms with Crippen LogP contribution in [0.5, 0.6) is 0 Å². The molecule has 0 saturated carbocycles. The van der Waals surface area contributed by atoms with E-state index >= 15 is 0 Å². The Labute approximate surface area is 214 Å². The molecule has 2 aromatic rings. The minimum absolute atomic E-state index is 0.0184. The van der Waals surface area contributed by atoms with Gasteiger partial charge in [-0.2, -0.15) is 26.3 Å². The third kappa shape index (κ3) is 6.39. The van der Waals surface area contributed by atoms with Gasteiger partial charge in [-0.15, -0.1) is 11.3 Å². The number of thiocarbonyl (C=S) groups is 1. The van der Waals surface area contributed by atoms with Crippen LogP contribution in [0.1, 0.15) is 25.7 Å². The average Bonchev–Trinajstić information content (AvgIpc) is 3.34. The first-order valence-corrected chi connectivity index (χ1v) is 11.5. The Bertz CT molecular complexity index is 1160. The zero-order valence-corrected chi connectivity index (χ0v) is 20.6. The fourth-order valence-corrected chi connectivity index (χ4v) is 4.80. The molecule has 0 fully saturated rings. The van der Waals surface area contributed by atoms with Crippen molar-refractivity contribution in [1.29, 1.82) is 0 Å². The number of hydrogen-bond acceptors (Lipinski definition) is 5. The van der Waals surface area contributed by atoms with Crippen molar-refractivity contribution >= 4 is 63.3 Å². The topological polar surface area (TPSA) is 62.4 Å². The molecule has 1 aromatic heterocycles. The summed E-state index contributed by atoms with van der Waals surface area (Å²) in [5.74, 6) is -0.655. The average molecular weight is 578 g/mol. The maximum absolute atomic E-state index is 14.1. The molecule has 35 heavy (non-hydrogen) atoms. The summed E-state index contributed by atoms with van der Waals surface area (Å²) in [6.07, 6.45) is -8.56. The first-order chi connectivity index (χ1) is 16.1. The number of alkyl halides is 6. The van der Waals surface area contributed by atoms with Gasteiger partial charge in [0, 0.05) is 15.6 Å². The van der Waals surface area contributed by atoms with Gasteiger partial charge in [-0.1, -0.05) is 35.4 Å². The van der Waals surface area contributed by atoms with Gasteiger partial charge < -0.3 is 10.6 Å². The lowest BCUT2D eigenvalue weighted by Gasteiger charge is -2.28. The number of nitrogens with one attached hydrogen (secondary N) is 3. The van der Waals surface area contributed by atoms with Crippen LogP contribution in [0.2, 0.25) is 10.0 Å². The van der Waals surface area contributed by atoms with Gasteiger partial charge in [0.25, 0.3) is 5.91 Å². The molecule has 2 heterocycles. The van der Waals surface area contributed by atoms with Gasteiger partial charge in [0.1, 0.15) is 6.54 Å². The van der Waals surface area contributed by atoms with E-state index in [0.29, 0.717) is 5.56 Å². The molecule has 5 nitrogen and oxygen atoms in total. The van der Waals surface area contributed by atoms with Crippen molar-refractivity contribution in [3.63, 3.8) is 0 Å². The van der Waals surface area contributed by atoms with E-state index in [1.165, 1.54) is 12.1 Å². The third-order valence-corrected chi connectivity index (χ3v) is 6.66. The number of carbonyl (C=O) groups excluding carboxylic acids is 1. The van der Waals surface area contributed by atoms with Gasteiger partial charge >= 0.3 is 12.4 Å². The zero-order valence-electron chi connectivity index (χ0n) is 17.5. The molecular formula is C20H15Cl2F6N3O2S2. The van der Waals surface area contributed by atoms with Crippen LogP contribution in [-0.2, 0) is 10.4 Å². The predicted octanol–water partition coefficient (Wildman–Crippen LogP) is 5.91. The molecule has 1 atom stereocenters. The summed E-state index contributed by atoms with van der Waals surface area (Å²) in [4.78, 5) is 17.7. The second-order valence-corrected chi connectivity index (χ2v) is 9.77. The number of hydroxylamine groups is 1. The molecule has 3 rings (SSSR count). The van der Waals surface area contributed by atoms with Crippen LogP contribution in [0, 0.1) is 6.92 Å². The van der Waals surface area contributed by atoms with Crippen LogP contribution in [0.4, 0.5) is 26.3 Å². The predicted molar refractivity (Wildman–Crippen MR) is 124 cm³/mol. The third-order valence-electron chi connectivity index (χ3n) is 4.67. The Morgan fingerprint density at radius 1 is 1.11 bits per heavy atom. The lowest BCUT2D eigenvalue weighted by Crippen LogP contribution is -2.42. The highest BCUT2D eigenvalue weighted by Gasteiger charge is 2.59. The Balaban J connectivity index is 1.82. The second kappa shape index (κ2) is 10.1. The maximum Gasteiger partial charge on any atom is 0.428 e. The first-order valence-electron chi connectivity index (χ1n) is 9.54. The normalized spacial score (nSPS) is 18.1. The van der Waals surface area contributed by atoms with Crippen LogP contribution >= 0.6 is 46.8 Å². The summed E-state index contributed by atoms with van der Waals surface area (Å²) < 4.78 is 79.1. The Hall–Kier alpha value is -2.06. The maximum atomic E-state index is 14.1. The molecule has 0 saturated heterocycles. The first kappa shape index (κ1) is 27.5. The summed E-state index contributed by atoms with van der Waals surface area (Å²) in [5, 5.41) is 4.32. The fraction of sp³-hybridized carbons (Fsp3) is 0.300. The quantitative estimate of drug-likeness (QED) is 0.294. The minimum atomic E-state index is -4.90. The van der Waals surface area contributed by atoms with Crippen LogP contribution in [-0.4, -0.2) is 36.3 Å². The second-order valence-electron chi connectivity index (χ2n) is 7.35. The van der Waals surface area contributed by atoms with Gasteiger partial charge in [0.05, 0.1) is 27.0 Å². The number of benzene rings is 1. The molecule has 1 unspecified atom stereocenters. The molecule has 1 aliphatic heterocycles. The number of carbonyl (C=O) groups is 1. The highest BCUT2D eigenvalue weighted by Crippen LogP contribution is 2.48. The Kier molecular flexibility index (Phi) is 7.97. The molecule has 15 heteroatoms. The van der Waals surface area contributed by atoms with Gasteiger partial charge in [0.2, 0.25) is 5.60 Å². The number of halogens is 8. The number of hydrogen-bond donors (Lipinski definition) is 3. The van der Waals surface area contributed by atoms with E-state index in [1.807, 2.05) is 5.32 Å². The van der Waals surface area contributed by atoms with Crippen LogP contribution in [0.25, 0.3) is 5.70 Å². The van der Waals surface area contributed by atoms with Gasteiger partial charge in [-0.25, -0.2) is 0 Å². The highest BCUT2D eigenvalue weighted by molar-refractivity contribution is 7.80. The number of rotatable bonds is 6. The van der Waals surface area contributed by atoms with Crippen molar-refractivity contribution in [2.24, 2.45) is 0 Å². The smallest absolute Gasteiger partial charge is 0.369 e. The van der Waals surface area contributed by atoms with E-state index in [0.717, 1.165) is 29.5 Å². The van der Waals surface area contributed by atoms with E-state index < -0.39 is 30.4 Å². The van der Waals surface area contributed by atoms with Gasteiger partial charge in [-0.05, 0) is 42.8 Å². The highest BCUT2D eigenvalue weighted by atomic mass is 35.5. The molecular weight excluding hydrogens is 563 g/mol. The van der Waals surface area contributed by atoms with Crippen molar-refractivity contribution in [2.45, 2.75) is 24.9 Å². The van der Waals surface area contributed by atoms with Crippen molar-refractivity contribution in [1.82, 2.24) is 16.1 Å². The molecule has 0 bridgehead atoms. The van der Waals surface area contributed by atoms with Crippen molar-refractivity contribution in [3.8, 4) is 0 Å². The summed E-state index contributed by atoms with van der Waals surface area (Å²) >= 11 is 17.4. The number of thiophene rings is 1. The molecule has 1 aromatic carbocycles. The molecule has 0 radical (unpaired) electrons. The van der Waals surface area contributed by atoms with Crippen molar-refractivity contribution < 1.29 is 36.0 Å². The van der Waals surface area contributed by atoms with Crippen molar-refractivity contribution in [3.05, 3.63) is 61.3 Å². The lowest BCUT2D eigenvalue weighted by atomic mass is 9.92. The number of amides is 1. The molecule has 190 valence electrons. The SMILES string of the molecule is Cc1cc(C2=CC(c3cc(Cl)cc(Cl)c3)(C(F)(F)F)ON2)sc1C(=O)NCC(=S)NCC(F)(F)F. The van der Waals surface area contributed by atoms with Gasteiger partial charge in [0.15, 0.2) is 0 Å². The van der Waals surface area contributed by atoms with Crippen LogP contribution < -0.4 is 16.1 Å². The monoisotopic (exact) mass is 577 g/mol. The molecule has 0 spiro atoms. The number of aryl methyl sites for hydroxylation is 1. The van der Waals surface area contributed by atoms with E-state index in [-0.39, 0.29) is 42.6 Å². The summed E-state index contributed by atoms with van der Waals surface area (Å²) in [5.41, 5.74) is -0.604. The lowest BCUT2D eigenvalue weighted by molar-refractivity contribution is -0.269. The minimum Gasteiger partial charge on any atom is -0.369 e. The molecule has 1 amide bonds. The largest absolute Gasteiger partial charge is 0.428 e. The Morgan fingerprint density at radius 3 is 2.31 bits per heavy atom. The van der Waals surface area contributed by atoms with E-state index in [9.17, 15) is 31.1 Å². The van der Waals surface area contributed by atoms with Crippen LogP contribution in [0.15, 0.2) is 30.3 Å². The molecule has 3 N–H and O–H groups in total. The summed E-state index contributed by atoms with van der Waals surface area (Å²) in [7, 11) is 0. The zero-order chi connectivity index (χ0) is 26.2.